The Morgan fingerprint density at radius 1 is 1.33 bits per heavy atom. The van der Waals surface area contributed by atoms with Crippen molar-refractivity contribution in [2.45, 2.75) is 45.8 Å². The van der Waals surface area contributed by atoms with Gasteiger partial charge in [-0.1, -0.05) is 25.1 Å². The van der Waals surface area contributed by atoms with E-state index in [1.165, 1.54) is 29.7 Å². The summed E-state index contributed by atoms with van der Waals surface area (Å²) in [7, 11) is 0. The summed E-state index contributed by atoms with van der Waals surface area (Å²) < 4.78 is 5.75. The Hall–Kier alpha value is -1.74. The number of para-hydroxylation sites is 1. The standard InChI is InChI=1S/C18H24N2O/c1-3-19-11-15-10-17(21-13-15)12-20-14(2)8-9-16-6-4-5-7-18(16)20/h4-7,10,13-14,19H,3,8-9,11-12H2,1-2H3. The summed E-state index contributed by atoms with van der Waals surface area (Å²) in [5, 5.41) is 3.33. The van der Waals surface area contributed by atoms with Crippen molar-refractivity contribution in [3.05, 3.63) is 53.5 Å². The Labute approximate surface area is 127 Å². The molecule has 0 aliphatic carbocycles. The Morgan fingerprint density at radius 3 is 3.05 bits per heavy atom. The number of rotatable bonds is 5. The molecule has 1 unspecified atom stereocenters. The highest BCUT2D eigenvalue weighted by Gasteiger charge is 2.23. The number of nitrogens with one attached hydrogen (secondary N) is 1. The molecule has 0 bridgehead atoms. The summed E-state index contributed by atoms with van der Waals surface area (Å²) in [6, 6.07) is 11.5. The summed E-state index contributed by atoms with van der Waals surface area (Å²) >= 11 is 0. The normalized spacial score (nSPS) is 17.8. The molecular weight excluding hydrogens is 260 g/mol. The fourth-order valence-corrected chi connectivity index (χ4v) is 3.04. The quantitative estimate of drug-likeness (QED) is 0.907. The lowest BCUT2D eigenvalue weighted by Crippen LogP contribution is -2.36. The number of fused-ring (bicyclic) bond motifs is 1. The Morgan fingerprint density at radius 2 is 2.19 bits per heavy atom. The Bertz CT molecular complexity index is 590. The molecule has 1 atom stereocenters. The van der Waals surface area contributed by atoms with Crippen molar-refractivity contribution in [3.8, 4) is 0 Å². The number of anilines is 1. The summed E-state index contributed by atoms with van der Waals surface area (Å²) in [4.78, 5) is 2.47. The van der Waals surface area contributed by atoms with Gasteiger partial charge in [0, 0.05) is 23.8 Å². The molecule has 1 aliphatic heterocycles. The van der Waals surface area contributed by atoms with Gasteiger partial charge in [-0.15, -0.1) is 0 Å². The van der Waals surface area contributed by atoms with Crippen molar-refractivity contribution in [2.75, 3.05) is 11.4 Å². The first kappa shape index (κ1) is 14.2. The maximum absolute atomic E-state index is 5.75. The van der Waals surface area contributed by atoms with Crippen molar-refractivity contribution in [1.82, 2.24) is 5.32 Å². The van der Waals surface area contributed by atoms with E-state index < -0.39 is 0 Å². The predicted octanol–water partition coefficient (Wildman–Crippen LogP) is 3.73. The van der Waals surface area contributed by atoms with E-state index in [2.05, 4.69) is 54.4 Å². The third-order valence-corrected chi connectivity index (χ3v) is 4.28. The van der Waals surface area contributed by atoms with Gasteiger partial charge in [-0.3, -0.25) is 0 Å². The smallest absolute Gasteiger partial charge is 0.123 e. The van der Waals surface area contributed by atoms with Crippen LogP contribution in [0.4, 0.5) is 5.69 Å². The van der Waals surface area contributed by atoms with Gasteiger partial charge in [-0.25, -0.2) is 0 Å². The van der Waals surface area contributed by atoms with Gasteiger partial charge in [-0.2, -0.15) is 0 Å². The number of benzene rings is 1. The van der Waals surface area contributed by atoms with Gasteiger partial charge >= 0.3 is 0 Å². The van der Waals surface area contributed by atoms with Crippen molar-refractivity contribution in [2.24, 2.45) is 0 Å². The molecule has 1 aromatic heterocycles. The van der Waals surface area contributed by atoms with E-state index in [9.17, 15) is 0 Å². The molecule has 0 amide bonds. The van der Waals surface area contributed by atoms with E-state index in [1.54, 1.807) is 0 Å². The van der Waals surface area contributed by atoms with Crippen LogP contribution in [0.25, 0.3) is 0 Å². The maximum atomic E-state index is 5.75. The van der Waals surface area contributed by atoms with E-state index in [4.69, 9.17) is 4.42 Å². The number of hydrogen-bond donors (Lipinski definition) is 1. The van der Waals surface area contributed by atoms with E-state index in [-0.39, 0.29) is 0 Å². The van der Waals surface area contributed by atoms with Gasteiger partial charge in [0.1, 0.15) is 5.76 Å². The molecule has 0 saturated carbocycles. The average molecular weight is 284 g/mol. The molecular formula is C18H24N2O. The molecule has 1 N–H and O–H groups in total. The second-order valence-electron chi connectivity index (χ2n) is 5.85. The van der Waals surface area contributed by atoms with Crippen LogP contribution in [-0.4, -0.2) is 12.6 Å². The fraction of sp³-hybridized carbons (Fsp3) is 0.444. The lowest BCUT2D eigenvalue weighted by Gasteiger charge is -2.36. The van der Waals surface area contributed by atoms with Crippen molar-refractivity contribution >= 4 is 5.69 Å². The van der Waals surface area contributed by atoms with Gasteiger partial charge < -0.3 is 14.6 Å². The van der Waals surface area contributed by atoms with Crippen LogP contribution in [0.2, 0.25) is 0 Å². The van der Waals surface area contributed by atoms with Crippen molar-refractivity contribution < 1.29 is 4.42 Å². The van der Waals surface area contributed by atoms with Crippen LogP contribution in [0.5, 0.6) is 0 Å². The van der Waals surface area contributed by atoms with Crippen molar-refractivity contribution in [1.29, 1.82) is 0 Å². The molecule has 0 fully saturated rings. The van der Waals surface area contributed by atoms with Crippen LogP contribution in [0.1, 0.15) is 37.2 Å². The van der Waals surface area contributed by atoms with Gasteiger partial charge in [-0.05, 0) is 44.0 Å². The third-order valence-electron chi connectivity index (χ3n) is 4.28. The molecule has 0 radical (unpaired) electrons. The van der Waals surface area contributed by atoms with E-state index in [0.29, 0.717) is 6.04 Å². The monoisotopic (exact) mass is 284 g/mol. The van der Waals surface area contributed by atoms with Crippen LogP contribution < -0.4 is 10.2 Å². The Kier molecular flexibility index (Phi) is 4.30. The number of hydrogen-bond acceptors (Lipinski definition) is 3. The van der Waals surface area contributed by atoms with Gasteiger partial charge in [0.2, 0.25) is 0 Å². The van der Waals surface area contributed by atoms with Gasteiger partial charge in [0.15, 0.2) is 0 Å². The summed E-state index contributed by atoms with van der Waals surface area (Å²) in [6.45, 7) is 7.14. The van der Waals surface area contributed by atoms with Crippen LogP contribution in [-0.2, 0) is 19.5 Å². The van der Waals surface area contributed by atoms with Crippen LogP contribution in [0.15, 0.2) is 41.0 Å². The molecule has 0 spiro atoms. The molecule has 21 heavy (non-hydrogen) atoms. The molecule has 2 aromatic rings. The van der Waals surface area contributed by atoms with E-state index >= 15 is 0 Å². The minimum absolute atomic E-state index is 0.558. The van der Waals surface area contributed by atoms with Crippen LogP contribution in [0.3, 0.4) is 0 Å². The highest BCUT2D eigenvalue weighted by atomic mass is 16.3. The Balaban J connectivity index is 1.76. The van der Waals surface area contributed by atoms with Crippen molar-refractivity contribution in [3.63, 3.8) is 0 Å². The summed E-state index contributed by atoms with van der Waals surface area (Å²) in [5.74, 6) is 1.05. The number of aryl methyl sites for hydroxylation is 1. The largest absolute Gasteiger partial charge is 0.467 e. The SMILES string of the molecule is CCNCc1coc(CN2c3ccccc3CCC2C)c1. The topological polar surface area (TPSA) is 28.4 Å². The number of nitrogens with zero attached hydrogens (tertiary/aromatic N) is 1. The zero-order chi connectivity index (χ0) is 14.7. The first-order valence-corrected chi connectivity index (χ1v) is 7.89. The highest BCUT2D eigenvalue weighted by Crippen LogP contribution is 2.31. The molecule has 3 heteroatoms. The zero-order valence-electron chi connectivity index (χ0n) is 12.9. The third kappa shape index (κ3) is 3.13. The lowest BCUT2D eigenvalue weighted by molar-refractivity contribution is 0.473. The van der Waals surface area contributed by atoms with E-state index in [0.717, 1.165) is 25.4 Å². The van der Waals surface area contributed by atoms with Crippen LogP contribution >= 0.6 is 0 Å². The molecule has 3 nitrogen and oxygen atoms in total. The summed E-state index contributed by atoms with van der Waals surface area (Å²) in [5.41, 5.74) is 4.04. The van der Waals surface area contributed by atoms with Crippen LogP contribution in [0, 0.1) is 0 Å². The van der Waals surface area contributed by atoms with E-state index in [1.807, 2.05) is 6.26 Å². The first-order chi connectivity index (χ1) is 10.3. The lowest BCUT2D eigenvalue weighted by atomic mass is 9.96. The molecule has 1 aromatic carbocycles. The fourth-order valence-electron chi connectivity index (χ4n) is 3.04. The average Bonchev–Trinajstić information content (AvgIpc) is 2.96. The second kappa shape index (κ2) is 6.35. The molecule has 1 aliphatic rings. The summed E-state index contributed by atoms with van der Waals surface area (Å²) in [6.07, 6.45) is 4.26. The molecule has 2 heterocycles. The first-order valence-electron chi connectivity index (χ1n) is 7.89. The molecule has 112 valence electrons. The second-order valence-corrected chi connectivity index (χ2v) is 5.85. The van der Waals surface area contributed by atoms with Gasteiger partial charge in [0.05, 0.1) is 12.8 Å². The molecule has 3 rings (SSSR count). The zero-order valence-corrected chi connectivity index (χ0v) is 12.9. The maximum Gasteiger partial charge on any atom is 0.123 e. The number of furan rings is 1. The predicted molar refractivity (Wildman–Crippen MR) is 86.5 cm³/mol. The minimum atomic E-state index is 0.558. The minimum Gasteiger partial charge on any atom is -0.467 e. The van der Waals surface area contributed by atoms with Gasteiger partial charge in [0.25, 0.3) is 0 Å². The molecule has 0 saturated heterocycles. The highest BCUT2D eigenvalue weighted by molar-refractivity contribution is 5.56.